The molecular formula is C65H51NO2. The van der Waals surface area contributed by atoms with Gasteiger partial charge in [-0.15, -0.1) is 0 Å². The summed E-state index contributed by atoms with van der Waals surface area (Å²) in [7, 11) is 0. The first kappa shape index (κ1) is 39.5. The summed E-state index contributed by atoms with van der Waals surface area (Å²) in [6, 6.07) is 60.5. The van der Waals surface area contributed by atoms with Gasteiger partial charge in [-0.3, -0.25) is 0 Å². The van der Waals surface area contributed by atoms with Crippen LogP contribution in [-0.4, -0.2) is 0 Å². The molecule has 3 aliphatic carbocycles. The van der Waals surface area contributed by atoms with Crippen molar-refractivity contribution < 1.29 is 8.83 Å². The van der Waals surface area contributed by atoms with Crippen molar-refractivity contribution in [3.63, 3.8) is 0 Å². The Balaban J connectivity index is 0.999. The maximum absolute atomic E-state index is 7.05. The number of anilines is 3. The number of benzene rings is 9. The van der Waals surface area contributed by atoms with E-state index in [1.165, 1.54) is 99.7 Å². The van der Waals surface area contributed by atoms with Crippen molar-refractivity contribution in [2.45, 2.75) is 71.6 Å². The Morgan fingerprint density at radius 2 is 0.897 bits per heavy atom. The molecule has 0 spiro atoms. The Bertz CT molecular complexity index is 4000. The van der Waals surface area contributed by atoms with Crippen LogP contribution in [0, 0.1) is 13.8 Å². The first-order chi connectivity index (χ1) is 32.9. The molecule has 0 saturated carbocycles. The molecule has 0 saturated heterocycles. The highest BCUT2D eigenvalue weighted by Crippen LogP contribution is 2.64. The molecule has 0 amide bonds. The molecule has 2 heterocycles. The van der Waals surface area contributed by atoms with Crippen LogP contribution in [0.15, 0.2) is 173 Å². The van der Waals surface area contributed by atoms with E-state index >= 15 is 0 Å². The minimum atomic E-state index is -0.333. The summed E-state index contributed by atoms with van der Waals surface area (Å²) in [5.41, 5.74) is 27.1. The molecule has 9 aromatic carbocycles. The minimum absolute atomic E-state index is 0.208. The average Bonchev–Trinajstić information content (AvgIpc) is 4.09. The molecule has 0 unspecified atom stereocenters. The van der Waals surface area contributed by atoms with Crippen LogP contribution in [-0.2, 0) is 16.2 Å². The zero-order valence-corrected chi connectivity index (χ0v) is 39.9. The summed E-state index contributed by atoms with van der Waals surface area (Å²) in [5, 5.41) is 4.76. The van der Waals surface area contributed by atoms with Crippen molar-refractivity contribution in [1.82, 2.24) is 0 Å². The van der Waals surface area contributed by atoms with Gasteiger partial charge in [0.1, 0.15) is 22.3 Å². The number of hydrogen-bond donors (Lipinski definition) is 0. The zero-order valence-electron chi connectivity index (χ0n) is 39.9. The van der Waals surface area contributed by atoms with Crippen molar-refractivity contribution in [2.75, 3.05) is 4.90 Å². The molecule has 68 heavy (non-hydrogen) atoms. The van der Waals surface area contributed by atoms with E-state index in [1.807, 2.05) is 0 Å². The van der Waals surface area contributed by atoms with Gasteiger partial charge in [0.25, 0.3) is 0 Å². The summed E-state index contributed by atoms with van der Waals surface area (Å²) in [4.78, 5) is 2.53. The summed E-state index contributed by atoms with van der Waals surface area (Å²) >= 11 is 0. The topological polar surface area (TPSA) is 29.5 Å². The van der Waals surface area contributed by atoms with E-state index in [0.29, 0.717) is 0 Å². The van der Waals surface area contributed by atoms with Crippen molar-refractivity contribution in [1.29, 1.82) is 0 Å². The highest BCUT2D eigenvalue weighted by atomic mass is 16.3. The summed E-state index contributed by atoms with van der Waals surface area (Å²) < 4.78 is 13.9. The molecule has 3 aliphatic rings. The predicted molar refractivity (Wildman–Crippen MR) is 283 cm³/mol. The maximum Gasteiger partial charge on any atom is 0.144 e. The average molecular weight is 878 g/mol. The Morgan fingerprint density at radius 3 is 1.57 bits per heavy atom. The molecule has 0 bridgehead atoms. The summed E-state index contributed by atoms with van der Waals surface area (Å²) in [6.45, 7) is 19.0. The van der Waals surface area contributed by atoms with Crippen molar-refractivity contribution in [3.05, 3.63) is 208 Å². The van der Waals surface area contributed by atoms with Gasteiger partial charge in [-0.25, -0.2) is 0 Å². The van der Waals surface area contributed by atoms with Crippen LogP contribution >= 0.6 is 0 Å². The van der Waals surface area contributed by atoms with E-state index in [-0.39, 0.29) is 16.2 Å². The van der Waals surface area contributed by atoms with Gasteiger partial charge >= 0.3 is 0 Å². The predicted octanol–water partition coefficient (Wildman–Crippen LogP) is 18.2. The number of furan rings is 2. The zero-order chi connectivity index (χ0) is 46.2. The molecule has 3 nitrogen and oxygen atoms in total. The third-order valence-corrected chi connectivity index (χ3v) is 16.4. The molecule has 0 aliphatic heterocycles. The third-order valence-electron chi connectivity index (χ3n) is 16.4. The number of fused-ring (bicyclic) bond motifs is 19. The van der Waals surface area contributed by atoms with Gasteiger partial charge in [-0.05, 0) is 134 Å². The summed E-state index contributed by atoms with van der Waals surface area (Å²) in [6.07, 6.45) is 0. The minimum Gasteiger partial charge on any atom is -0.455 e. The van der Waals surface area contributed by atoms with E-state index < -0.39 is 0 Å². The van der Waals surface area contributed by atoms with E-state index in [1.54, 1.807) is 0 Å². The van der Waals surface area contributed by atoms with E-state index in [2.05, 4.69) is 224 Å². The monoisotopic (exact) mass is 877 g/mol. The van der Waals surface area contributed by atoms with Gasteiger partial charge in [0.05, 0.1) is 5.69 Å². The van der Waals surface area contributed by atoms with Crippen molar-refractivity contribution >= 4 is 60.9 Å². The second-order valence-electron chi connectivity index (χ2n) is 21.3. The van der Waals surface area contributed by atoms with E-state index in [0.717, 1.165) is 50.2 Å². The van der Waals surface area contributed by atoms with Gasteiger partial charge in [-0.1, -0.05) is 163 Å². The number of para-hydroxylation sites is 3. The first-order valence-corrected chi connectivity index (χ1v) is 24.2. The largest absolute Gasteiger partial charge is 0.455 e. The SMILES string of the molecule is Cc1cccc(C)c1N(c1ccc2c(c1)C(C)(C)c1cc(-c3ccccc3)c3oc4ccccc4c3c1-2)c1ccc2c(c1)C(C)(C)c1c3c(c4c(oc5ccccc54)c1-2)-c1ccccc1C3(C)C. The smallest absolute Gasteiger partial charge is 0.144 e. The highest BCUT2D eigenvalue weighted by molar-refractivity contribution is 6.21. The molecule has 11 aromatic rings. The van der Waals surface area contributed by atoms with Crippen LogP contribution < -0.4 is 4.90 Å². The van der Waals surface area contributed by atoms with E-state index in [4.69, 9.17) is 8.83 Å². The molecule has 328 valence electrons. The molecule has 0 atom stereocenters. The van der Waals surface area contributed by atoms with Crippen molar-refractivity contribution in [2.24, 2.45) is 0 Å². The quantitative estimate of drug-likeness (QED) is 0.176. The normalized spacial score (nSPS) is 15.4. The van der Waals surface area contributed by atoms with Gasteiger partial charge in [0, 0.05) is 60.3 Å². The lowest BCUT2D eigenvalue weighted by Crippen LogP contribution is -2.24. The van der Waals surface area contributed by atoms with Gasteiger partial charge < -0.3 is 13.7 Å². The number of rotatable bonds is 4. The molecule has 2 aromatic heterocycles. The number of nitrogens with zero attached hydrogens (tertiary/aromatic N) is 1. The fraction of sp³-hybridized carbons (Fsp3) is 0.169. The lowest BCUT2D eigenvalue weighted by molar-refractivity contribution is 0.600. The van der Waals surface area contributed by atoms with Crippen LogP contribution in [0.4, 0.5) is 17.1 Å². The molecule has 0 radical (unpaired) electrons. The van der Waals surface area contributed by atoms with Crippen LogP contribution in [0.5, 0.6) is 0 Å². The number of hydrogen-bond acceptors (Lipinski definition) is 3. The maximum atomic E-state index is 7.05. The highest BCUT2D eigenvalue weighted by Gasteiger charge is 2.49. The van der Waals surface area contributed by atoms with Crippen molar-refractivity contribution in [3.8, 4) is 44.5 Å². The molecule has 14 rings (SSSR count). The molecular weight excluding hydrogens is 827 g/mol. The molecule has 3 heteroatoms. The van der Waals surface area contributed by atoms with Crippen LogP contribution in [0.25, 0.3) is 88.4 Å². The molecule has 0 N–H and O–H groups in total. The second kappa shape index (κ2) is 13.3. The first-order valence-electron chi connectivity index (χ1n) is 24.2. The fourth-order valence-corrected chi connectivity index (χ4v) is 13.3. The Morgan fingerprint density at radius 1 is 0.382 bits per heavy atom. The Kier molecular flexibility index (Phi) is 7.73. The van der Waals surface area contributed by atoms with Gasteiger partial charge in [-0.2, -0.15) is 0 Å². The van der Waals surface area contributed by atoms with Gasteiger partial charge in [0.2, 0.25) is 0 Å². The lowest BCUT2D eigenvalue weighted by atomic mass is 9.72. The number of aryl methyl sites for hydroxylation is 2. The Hall–Kier alpha value is -7.62. The molecule has 0 fully saturated rings. The third kappa shape index (κ3) is 4.93. The fourth-order valence-electron chi connectivity index (χ4n) is 13.3. The van der Waals surface area contributed by atoms with Crippen LogP contribution in [0.3, 0.4) is 0 Å². The second-order valence-corrected chi connectivity index (χ2v) is 21.3. The summed E-state index contributed by atoms with van der Waals surface area (Å²) in [5.74, 6) is 0. The van der Waals surface area contributed by atoms with Crippen LogP contribution in [0.1, 0.15) is 86.1 Å². The van der Waals surface area contributed by atoms with Crippen LogP contribution in [0.2, 0.25) is 0 Å². The lowest BCUT2D eigenvalue weighted by Gasteiger charge is -2.32. The Labute approximate surface area is 397 Å². The van der Waals surface area contributed by atoms with E-state index in [9.17, 15) is 0 Å². The standard InChI is InChI=1S/C65H51NO2/c1-36-19-18-20-37(2)60(36)66(39-29-31-42-48(33-39)63(3,4)50-35-46(38-21-10-9-11-22-38)61-55(53(42)50)44-24-13-16-27-51(44)67-61)40-30-32-43-49(34-40)65(7,8)59-57(43)62-56(45-25-14-17-28-52(45)68-62)54-41-23-12-15-26-47(41)64(5,6)58(54)59/h9-35H,1-8H3. The van der Waals surface area contributed by atoms with Gasteiger partial charge in [0.15, 0.2) is 0 Å².